The van der Waals surface area contributed by atoms with Gasteiger partial charge in [-0.3, -0.25) is 4.79 Å². The van der Waals surface area contributed by atoms with Crippen molar-refractivity contribution in [3.8, 4) is 0 Å². The maximum atomic E-state index is 12.8. The lowest BCUT2D eigenvalue weighted by molar-refractivity contribution is -0.180. The smallest absolute Gasteiger partial charge is 0.383 e. The molecule has 0 aromatic heterocycles. The summed E-state index contributed by atoms with van der Waals surface area (Å²) in [7, 11) is 0. The van der Waals surface area contributed by atoms with Gasteiger partial charge in [0.25, 0.3) is 5.91 Å². The van der Waals surface area contributed by atoms with Crippen LogP contribution in [0.2, 0.25) is 0 Å². The van der Waals surface area contributed by atoms with Crippen LogP contribution < -0.4 is 0 Å². The Labute approximate surface area is 96.4 Å². The fourth-order valence-electron chi connectivity index (χ4n) is 1.77. The number of aliphatic hydroxyl groups is 1. The van der Waals surface area contributed by atoms with Gasteiger partial charge in [-0.05, 0) is 26.2 Å². The highest BCUT2D eigenvalue weighted by Crippen LogP contribution is 2.28. The molecule has 7 heteroatoms. The van der Waals surface area contributed by atoms with Crippen molar-refractivity contribution in [2.75, 3.05) is 13.1 Å². The first-order chi connectivity index (χ1) is 7.67. The summed E-state index contributed by atoms with van der Waals surface area (Å²) in [6.07, 6.45) is -3.22. The summed E-state index contributed by atoms with van der Waals surface area (Å²) >= 11 is 0. The van der Waals surface area contributed by atoms with Crippen LogP contribution in [0.25, 0.3) is 0 Å². The summed E-state index contributed by atoms with van der Waals surface area (Å²) in [5.74, 6) is -6.50. The Balaban J connectivity index is 2.71. The zero-order valence-electron chi connectivity index (χ0n) is 9.43. The summed E-state index contributed by atoms with van der Waals surface area (Å²) < 4.78 is 49.7. The van der Waals surface area contributed by atoms with Crippen LogP contribution in [0.4, 0.5) is 17.6 Å². The second-order valence-electron chi connectivity index (χ2n) is 4.57. The predicted molar refractivity (Wildman–Crippen MR) is 52.0 cm³/mol. The minimum absolute atomic E-state index is 0.0305. The van der Waals surface area contributed by atoms with Crippen molar-refractivity contribution in [3.63, 3.8) is 0 Å². The molecular formula is C10H15F4NO2. The highest BCUT2D eigenvalue weighted by Gasteiger charge is 2.51. The van der Waals surface area contributed by atoms with Crippen LogP contribution in [0, 0.1) is 0 Å². The Bertz CT molecular complexity index is 294. The first-order valence-corrected chi connectivity index (χ1v) is 5.34. The molecule has 0 spiro atoms. The zero-order chi connectivity index (χ0) is 13.3. The molecule has 0 bridgehead atoms. The summed E-state index contributed by atoms with van der Waals surface area (Å²) in [4.78, 5) is 11.9. The predicted octanol–water partition coefficient (Wildman–Crippen LogP) is 1.65. The topological polar surface area (TPSA) is 40.5 Å². The van der Waals surface area contributed by atoms with Crippen molar-refractivity contribution >= 4 is 5.91 Å². The van der Waals surface area contributed by atoms with Crippen molar-refractivity contribution in [2.45, 2.75) is 44.1 Å². The number of alkyl halides is 4. The molecule has 1 aliphatic rings. The molecule has 1 aliphatic heterocycles. The lowest BCUT2D eigenvalue weighted by atomic mass is 9.98. The maximum absolute atomic E-state index is 12.8. The molecule has 0 aliphatic carbocycles. The van der Waals surface area contributed by atoms with Crippen molar-refractivity contribution in [2.24, 2.45) is 0 Å². The third-order valence-electron chi connectivity index (χ3n) is 2.91. The average Bonchev–Trinajstić information content (AvgIpc) is 2.38. The molecule has 3 nitrogen and oxygen atoms in total. The normalized spacial score (nSPS) is 27.1. The molecule has 17 heavy (non-hydrogen) atoms. The fourth-order valence-corrected chi connectivity index (χ4v) is 1.77. The van der Waals surface area contributed by atoms with Crippen molar-refractivity contribution in [3.05, 3.63) is 0 Å². The summed E-state index contributed by atoms with van der Waals surface area (Å²) in [5.41, 5.74) is -1.03. The highest BCUT2D eigenvalue weighted by atomic mass is 19.3. The van der Waals surface area contributed by atoms with Gasteiger partial charge < -0.3 is 10.0 Å². The lowest BCUT2D eigenvalue weighted by Crippen LogP contribution is -2.48. The Morgan fingerprint density at radius 2 is 1.94 bits per heavy atom. The zero-order valence-corrected chi connectivity index (χ0v) is 9.43. The SMILES string of the molecule is CC1(O)CCCN(C(=O)C(F)(F)C(F)F)CC1. The van der Waals surface area contributed by atoms with Crippen molar-refractivity contribution in [1.82, 2.24) is 4.90 Å². The van der Waals surface area contributed by atoms with Crippen LogP contribution in [0.3, 0.4) is 0 Å². The van der Waals surface area contributed by atoms with Gasteiger partial charge in [-0.2, -0.15) is 8.78 Å². The number of amides is 1. The number of hydrogen-bond donors (Lipinski definition) is 1. The van der Waals surface area contributed by atoms with Crippen LogP contribution in [-0.2, 0) is 4.79 Å². The van der Waals surface area contributed by atoms with Crippen LogP contribution in [0.1, 0.15) is 26.2 Å². The third-order valence-corrected chi connectivity index (χ3v) is 2.91. The second kappa shape index (κ2) is 4.80. The van der Waals surface area contributed by atoms with E-state index in [0.717, 1.165) is 0 Å². The molecule has 1 unspecified atom stereocenters. The van der Waals surface area contributed by atoms with E-state index in [1.807, 2.05) is 0 Å². The van der Waals surface area contributed by atoms with Crippen LogP contribution >= 0.6 is 0 Å². The van der Waals surface area contributed by atoms with E-state index in [2.05, 4.69) is 0 Å². The van der Waals surface area contributed by atoms with E-state index < -0.39 is 23.9 Å². The fraction of sp³-hybridized carbons (Fsp3) is 0.900. The number of nitrogens with zero attached hydrogens (tertiary/aromatic N) is 1. The average molecular weight is 257 g/mol. The largest absolute Gasteiger partial charge is 0.390 e. The monoisotopic (exact) mass is 257 g/mol. The summed E-state index contributed by atoms with van der Waals surface area (Å²) in [5, 5.41) is 9.69. The molecule has 0 aromatic carbocycles. The third kappa shape index (κ3) is 3.31. The molecule has 100 valence electrons. The second-order valence-corrected chi connectivity index (χ2v) is 4.57. The molecule has 1 atom stereocenters. The van der Waals surface area contributed by atoms with E-state index in [4.69, 9.17) is 0 Å². The summed E-state index contributed by atoms with van der Waals surface area (Å²) in [6.45, 7) is 1.37. The first-order valence-electron chi connectivity index (χ1n) is 5.34. The molecule has 0 radical (unpaired) electrons. The van der Waals surface area contributed by atoms with Gasteiger partial charge in [0, 0.05) is 13.1 Å². The molecule has 1 fully saturated rings. The van der Waals surface area contributed by atoms with E-state index in [9.17, 15) is 27.5 Å². The molecule has 0 saturated carbocycles. The van der Waals surface area contributed by atoms with E-state index in [-0.39, 0.29) is 19.5 Å². The maximum Gasteiger partial charge on any atom is 0.383 e. The molecule has 1 saturated heterocycles. The number of likely N-dealkylation sites (tertiary alicyclic amines) is 1. The Kier molecular flexibility index (Phi) is 4.01. The van der Waals surface area contributed by atoms with Crippen molar-refractivity contribution in [1.29, 1.82) is 0 Å². The molecule has 1 heterocycles. The van der Waals surface area contributed by atoms with Gasteiger partial charge in [0.15, 0.2) is 0 Å². The van der Waals surface area contributed by atoms with E-state index in [0.29, 0.717) is 17.7 Å². The Morgan fingerprint density at radius 1 is 1.35 bits per heavy atom. The van der Waals surface area contributed by atoms with Crippen LogP contribution in [-0.4, -0.2) is 47.0 Å². The summed E-state index contributed by atoms with van der Waals surface area (Å²) in [6, 6.07) is 0. The van der Waals surface area contributed by atoms with Crippen LogP contribution in [0.5, 0.6) is 0 Å². The van der Waals surface area contributed by atoms with Gasteiger partial charge in [0.2, 0.25) is 0 Å². The van der Waals surface area contributed by atoms with Gasteiger partial charge in [0.05, 0.1) is 5.60 Å². The Morgan fingerprint density at radius 3 is 2.47 bits per heavy atom. The first kappa shape index (κ1) is 14.2. The van der Waals surface area contributed by atoms with Crippen molar-refractivity contribution < 1.29 is 27.5 Å². The number of rotatable bonds is 2. The quantitative estimate of drug-likeness (QED) is 0.764. The number of carbonyl (C=O) groups is 1. The Hall–Kier alpha value is -0.850. The highest BCUT2D eigenvalue weighted by molar-refractivity contribution is 5.84. The van der Waals surface area contributed by atoms with E-state index >= 15 is 0 Å². The minimum atomic E-state index is -4.64. The van der Waals surface area contributed by atoms with E-state index in [1.165, 1.54) is 6.92 Å². The molecular weight excluding hydrogens is 242 g/mol. The number of carbonyl (C=O) groups excluding carboxylic acids is 1. The standard InChI is InChI=1S/C10H15F4NO2/c1-9(17)3-2-5-15(6-4-9)8(16)10(13,14)7(11)12/h7,17H,2-6H2,1H3. The van der Waals surface area contributed by atoms with Gasteiger partial charge in [-0.15, -0.1) is 0 Å². The number of halogens is 4. The molecule has 0 aromatic rings. The van der Waals surface area contributed by atoms with Gasteiger partial charge >= 0.3 is 12.3 Å². The lowest BCUT2D eigenvalue weighted by Gasteiger charge is -2.26. The van der Waals surface area contributed by atoms with Crippen LogP contribution in [0.15, 0.2) is 0 Å². The van der Waals surface area contributed by atoms with Gasteiger partial charge in [-0.1, -0.05) is 0 Å². The molecule has 1 rings (SSSR count). The van der Waals surface area contributed by atoms with Gasteiger partial charge in [-0.25, -0.2) is 8.78 Å². The molecule has 1 N–H and O–H groups in total. The van der Waals surface area contributed by atoms with E-state index in [1.54, 1.807) is 0 Å². The van der Waals surface area contributed by atoms with Gasteiger partial charge in [0.1, 0.15) is 0 Å². The minimum Gasteiger partial charge on any atom is -0.390 e. The number of hydrogen-bond acceptors (Lipinski definition) is 2. The molecule has 1 amide bonds.